The number of nitrogens with zero attached hydrogens (tertiary/aromatic N) is 4. The Hall–Kier alpha value is -3.11. The molecule has 220 valence electrons. The number of hydrogen-bond donors (Lipinski definition) is 1. The van der Waals surface area contributed by atoms with E-state index in [9.17, 15) is 9.18 Å². The molecule has 1 amide bonds. The lowest BCUT2D eigenvalue weighted by Crippen LogP contribution is -2.51. The first kappa shape index (κ1) is 29.4. The highest BCUT2D eigenvalue weighted by Gasteiger charge is 2.25. The van der Waals surface area contributed by atoms with Crippen molar-refractivity contribution < 1.29 is 18.7 Å². The predicted octanol–water partition coefficient (Wildman–Crippen LogP) is 4.52. The molecule has 41 heavy (non-hydrogen) atoms. The molecule has 0 bridgehead atoms. The van der Waals surface area contributed by atoms with Crippen molar-refractivity contribution in [2.24, 2.45) is 0 Å². The summed E-state index contributed by atoms with van der Waals surface area (Å²) < 4.78 is 25.1. The van der Waals surface area contributed by atoms with Gasteiger partial charge in [0, 0.05) is 76.4 Å². The van der Waals surface area contributed by atoms with Crippen LogP contribution in [0.5, 0.6) is 0 Å². The molecule has 1 aromatic heterocycles. The first-order chi connectivity index (χ1) is 19.7. The summed E-state index contributed by atoms with van der Waals surface area (Å²) in [6, 6.07) is 15.5. The number of aromatic nitrogens is 1. The average molecular weight is 564 g/mol. The summed E-state index contributed by atoms with van der Waals surface area (Å²) in [6.45, 7) is 15.3. The van der Waals surface area contributed by atoms with Gasteiger partial charge >= 0.3 is 6.09 Å². The normalized spacial score (nSPS) is 17.2. The largest absolute Gasteiger partial charge is 0.444 e. The summed E-state index contributed by atoms with van der Waals surface area (Å²) in [5.41, 5.74) is 4.54. The molecule has 0 radical (unpaired) electrons. The summed E-state index contributed by atoms with van der Waals surface area (Å²) in [5, 5.41) is 4.38. The minimum Gasteiger partial charge on any atom is -0.444 e. The van der Waals surface area contributed by atoms with Crippen LogP contribution in [0.15, 0.2) is 48.5 Å². The molecule has 9 heteroatoms. The van der Waals surface area contributed by atoms with Gasteiger partial charge in [-0.1, -0.05) is 24.3 Å². The Balaban J connectivity index is 1.18. The molecule has 0 atom stereocenters. The molecule has 0 saturated carbocycles. The molecule has 0 unspecified atom stereocenters. The zero-order chi connectivity index (χ0) is 28.8. The third kappa shape index (κ3) is 8.23. The van der Waals surface area contributed by atoms with Crippen LogP contribution in [0, 0.1) is 5.82 Å². The van der Waals surface area contributed by atoms with E-state index in [1.807, 2.05) is 20.8 Å². The summed E-state index contributed by atoms with van der Waals surface area (Å²) in [4.78, 5) is 23.7. The lowest BCUT2D eigenvalue weighted by Gasteiger charge is -2.35. The van der Waals surface area contributed by atoms with Gasteiger partial charge in [-0.2, -0.15) is 0 Å². The molecule has 2 aromatic carbocycles. The van der Waals surface area contributed by atoms with E-state index >= 15 is 0 Å². The van der Waals surface area contributed by atoms with Crippen molar-refractivity contribution in [1.29, 1.82) is 0 Å². The maximum Gasteiger partial charge on any atom is 0.410 e. The second kappa shape index (κ2) is 13.2. The molecular weight excluding hydrogens is 521 g/mol. The number of ether oxygens (including phenoxy) is 2. The van der Waals surface area contributed by atoms with E-state index in [1.165, 1.54) is 11.6 Å². The molecule has 3 aromatic rings. The molecule has 2 saturated heterocycles. The van der Waals surface area contributed by atoms with E-state index in [0.717, 1.165) is 86.8 Å². The first-order valence-corrected chi connectivity index (χ1v) is 14.6. The number of morpholine rings is 1. The topological polar surface area (TPSA) is 70.2 Å². The fraction of sp³-hybridized carbons (Fsp3) is 0.500. The maximum absolute atomic E-state index is 14.2. The number of fused-ring (bicyclic) bond motifs is 1. The van der Waals surface area contributed by atoms with Crippen LogP contribution in [0.1, 0.15) is 31.9 Å². The Kier molecular flexibility index (Phi) is 9.49. The Labute approximate surface area is 242 Å². The monoisotopic (exact) mass is 563 g/mol. The number of carbonyl (C=O) groups excluding carboxylic acids is 1. The molecule has 3 heterocycles. The van der Waals surface area contributed by atoms with Crippen LogP contribution in [0.3, 0.4) is 0 Å². The smallest absolute Gasteiger partial charge is 0.410 e. The molecule has 0 aliphatic carbocycles. The highest BCUT2D eigenvalue weighted by Crippen LogP contribution is 2.26. The van der Waals surface area contributed by atoms with Crippen molar-refractivity contribution in [3.63, 3.8) is 0 Å². The summed E-state index contributed by atoms with van der Waals surface area (Å²) in [6.07, 6.45) is -0.241. The lowest BCUT2D eigenvalue weighted by molar-refractivity contribution is 0.0146. The van der Waals surface area contributed by atoms with Crippen LogP contribution in [0.4, 0.5) is 9.18 Å². The van der Waals surface area contributed by atoms with E-state index in [2.05, 4.69) is 45.4 Å². The van der Waals surface area contributed by atoms with Crippen molar-refractivity contribution in [2.45, 2.75) is 39.5 Å². The van der Waals surface area contributed by atoms with Crippen LogP contribution < -0.4 is 5.32 Å². The van der Waals surface area contributed by atoms with Crippen molar-refractivity contribution in [3.05, 3.63) is 65.5 Å². The van der Waals surface area contributed by atoms with E-state index in [1.54, 1.807) is 17.0 Å². The summed E-state index contributed by atoms with van der Waals surface area (Å²) in [7, 11) is 0. The maximum atomic E-state index is 14.2. The number of pyridine rings is 1. The van der Waals surface area contributed by atoms with E-state index in [4.69, 9.17) is 14.5 Å². The van der Waals surface area contributed by atoms with Gasteiger partial charge in [0.15, 0.2) is 0 Å². The van der Waals surface area contributed by atoms with Gasteiger partial charge in [0.2, 0.25) is 0 Å². The van der Waals surface area contributed by atoms with Crippen LogP contribution in [0.25, 0.3) is 22.2 Å². The summed E-state index contributed by atoms with van der Waals surface area (Å²) >= 11 is 0. The zero-order valence-corrected chi connectivity index (χ0v) is 24.5. The van der Waals surface area contributed by atoms with E-state index < -0.39 is 5.60 Å². The minimum atomic E-state index is -0.482. The lowest BCUT2D eigenvalue weighted by atomic mass is 10.0. The van der Waals surface area contributed by atoms with Gasteiger partial charge < -0.3 is 19.7 Å². The van der Waals surface area contributed by atoms with Crippen LogP contribution >= 0.6 is 0 Å². The van der Waals surface area contributed by atoms with Crippen molar-refractivity contribution in [3.8, 4) is 11.3 Å². The third-order valence-corrected chi connectivity index (χ3v) is 7.56. The van der Waals surface area contributed by atoms with Crippen LogP contribution in [-0.4, -0.2) is 96.9 Å². The van der Waals surface area contributed by atoms with Crippen molar-refractivity contribution >= 4 is 17.0 Å². The molecule has 8 nitrogen and oxygen atoms in total. The predicted molar refractivity (Wildman–Crippen MR) is 159 cm³/mol. The number of carbonyl (C=O) groups is 1. The van der Waals surface area contributed by atoms with Crippen LogP contribution in [0.2, 0.25) is 0 Å². The molecule has 2 aliphatic heterocycles. The Morgan fingerprint density at radius 2 is 1.71 bits per heavy atom. The van der Waals surface area contributed by atoms with Gasteiger partial charge in [-0.15, -0.1) is 0 Å². The van der Waals surface area contributed by atoms with Crippen molar-refractivity contribution in [1.82, 2.24) is 25.0 Å². The molecule has 1 N–H and O–H groups in total. The molecular formula is C32H42FN5O3. The van der Waals surface area contributed by atoms with Gasteiger partial charge in [0.05, 0.1) is 24.4 Å². The number of nitrogens with one attached hydrogen (secondary N) is 1. The number of piperazine rings is 1. The Morgan fingerprint density at radius 1 is 0.976 bits per heavy atom. The number of amides is 1. The van der Waals surface area contributed by atoms with Gasteiger partial charge in [0.1, 0.15) is 11.4 Å². The summed E-state index contributed by atoms with van der Waals surface area (Å²) in [5.74, 6) is -0.261. The molecule has 0 spiro atoms. The SMILES string of the molecule is CC(C)(C)OC(=O)N1CCN(CCNCc2cc(-c3ccc(CN4CCOCC4)cc3)nc3ccc(F)cc23)CC1. The van der Waals surface area contributed by atoms with Gasteiger partial charge in [-0.05, 0) is 56.2 Å². The number of hydrogen-bond acceptors (Lipinski definition) is 7. The Morgan fingerprint density at radius 3 is 2.41 bits per heavy atom. The number of halogens is 1. The highest BCUT2D eigenvalue weighted by molar-refractivity contribution is 5.85. The molecule has 2 fully saturated rings. The van der Waals surface area contributed by atoms with Crippen molar-refractivity contribution in [2.75, 3.05) is 65.6 Å². The van der Waals surface area contributed by atoms with Gasteiger partial charge in [-0.25, -0.2) is 14.2 Å². The molecule has 5 rings (SSSR count). The first-order valence-electron chi connectivity index (χ1n) is 14.6. The zero-order valence-electron chi connectivity index (χ0n) is 24.5. The van der Waals surface area contributed by atoms with Gasteiger partial charge in [0.25, 0.3) is 0 Å². The molecule has 2 aliphatic rings. The van der Waals surface area contributed by atoms with Gasteiger partial charge in [-0.3, -0.25) is 9.80 Å². The van der Waals surface area contributed by atoms with E-state index in [-0.39, 0.29) is 11.9 Å². The third-order valence-electron chi connectivity index (χ3n) is 7.56. The minimum absolute atomic E-state index is 0.241. The van der Waals surface area contributed by atoms with E-state index in [0.29, 0.717) is 19.6 Å². The fourth-order valence-electron chi connectivity index (χ4n) is 5.30. The fourth-order valence-corrected chi connectivity index (χ4v) is 5.30. The second-order valence-electron chi connectivity index (χ2n) is 11.9. The quantitative estimate of drug-likeness (QED) is 0.405. The second-order valence-corrected chi connectivity index (χ2v) is 11.9. The Bertz CT molecular complexity index is 1310. The van der Waals surface area contributed by atoms with Crippen LogP contribution in [-0.2, 0) is 22.6 Å². The number of benzene rings is 2. The number of rotatable bonds is 8. The highest BCUT2D eigenvalue weighted by atomic mass is 19.1. The average Bonchev–Trinajstić information content (AvgIpc) is 2.95. The standard InChI is InChI=1S/C32H42FN5O3/c1-32(2,3)41-31(39)38-14-12-36(13-15-38)11-10-34-22-26-20-30(35-29-9-8-27(33)21-28(26)29)25-6-4-24(5-7-25)23-37-16-18-40-19-17-37/h4-9,20-21,34H,10-19,22-23H2,1-3H3.